The van der Waals surface area contributed by atoms with Crippen LogP contribution in [-0.4, -0.2) is 21.9 Å². The molecule has 0 spiro atoms. The summed E-state index contributed by atoms with van der Waals surface area (Å²) in [5.74, 6) is -1.90. The van der Waals surface area contributed by atoms with Gasteiger partial charge in [-0.15, -0.1) is 0 Å². The van der Waals surface area contributed by atoms with Gasteiger partial charge in [0.2, 0.25) is 0 Å². The van der Waals surface area contributed by atoms with Crippen LogP contribution in [0.15, 0.2) is 41.7 Å². The van der Waals surface area contributed by atoms with Gasteiger partial charge in [-0.3, -0.25) is 9.78 Å². The van der Waals surface area contributed by atoms with Crippen molar-refractivity contribution in [2.24, 2.45) is 4.99 Å². The highest BCUT2D eigenvalue weighted by atomic mass is 32.1. The second-order valence-corrected chi connectivity index (χ2v) is 7.13. The average molecular weight is 411 g/mol. The lowest BCUT2D eigenvalue weighted by atomic mass is 10.1. The maximum absolute atomic E-state index is 14.1. The number of carbonyl (C=O) groups excluding carboxylic acids is 1. The number of benzene rings is 1. The lowest BCUT2D eigenvalue weighted by molar-refractivity contribution is 0.0494. The normalized spacial score (nSPS) is 13.4. The van der Waals surface area contributed by atoms with Gasteiger partial charge in [0.05, 0.1) is 22.0 Å². The van der Waals surface area contributed by atoms with Gasteiger partial charge in [0.15, 0.2) is 11.0 Å². The molecule has 9 heteroatoms. The van der Waals surface area contributed by atoms with Crippen molar-refractivity contribution >= 4 is 27.5 Å². The third kappa shape index (κ3) is 4.14. The van der Waals surface area contributed by atoms with E-state index in [-0.39, 0.29) is 0 Å². The van der Waals surface area contributed by atoms with Gasteiger partial charge in [0.25, 0.3) is 12.3 Å². The first kappa shape index (κ1) is 20.2. The summed E-state index contributed by atoms with van der Waals surface area (Å²) in [5, 5.41) is 0. The predicted molar refractivity (Wildman–Crippen MR) is 98.7 cm³/mol. The Balaban J connectivity index is 2.07. The molecule has 148 valence electrons. The van der Waals surface area contributed by atoms with Crippen LogP contribution in [0.4, 0.5) is 17.6 Å². The molecule has 0 bridgehead atoms. The minimum absolute atomic E-state index is 0.344. The molecule has 0 N–H and O–H groups in total. The lowest BCUT2D eigenvalue weighted by Gasteiger charge is -2.08. The molecule has 0 radical (unpaired) electrons. The third-order valence-corrected chi connectivity index (χ3v) is 5.24. The number of carbonyl (C=O) groups is 1. The molecule has 0 fully saturated rings. The molecule has 2 heterocycles. The van der Waals surface area contributed by atoms with Crippen molar-refractivity contribution in [1.82, 2.24) is 9.55 Å². The van der Waals surface area contributed by atoms with E-state index in [9.17, 15) is 22.4 Å². The molecule has 1 atom stereocenters. The van der Waals surface area contributed by atoms with Crippen LogP contribution >= 0.6 is 11.3 Å². The molecule has 2 aromatic heterocycles. The van der Waals surface area contributed by atoms with Crippen molar-refractivity contribution in [3.63, 3.8) is 0 Å². The van der Waals surface area contributed by atoms with Crippen LogP contribution in [0.25, 0.3) is 10.2 Å². The van der Waals surface area contributed by atoms with Gasteiger partial charge < -0.3 is 4.57 Å². The Morgan fingerprint density at radius 3 is 2.79 bits per heavy atom. The van der Waals surface area contributed by atoms with E-state index in [4.69, 9.17) is 0 Å². The van der Waals surface area contributed by atoms with Crippen molar-refractivity contribution in [3.8, 4) is 0 Å². The monoisotopic (exact) mass is 411 g/mol. The van der Waals surface area contributed by atoms with E-state index in [0.29, 0.717) is 11.3 Å². The topological polar surface area (TPSA) is 47.2 Å². The van der Waals surface area contributed by atoms with E-state index < -0.39 is 35.4 Å². The van der Waals surface area contributed by atoms with Gasteiger partial charge >= 0.3 is 0 Å². The number of amides is 1. The number of fused-ring (bicyclic) bond motifs is 1. The first-order valence-corrected chi connectivity index (χ1v) is 9.48. The van der Waals surface area contributed by atoms with Crippen molar-refractivity contribution in [2.45, 2.75) is 38.9 Å². The first-order chi connectivity index (χ1) is 13.4. The van der Waals surface area contributed by atoms with Crippen molar-refractivity contribution in [2.75, 3.05) is 0 Å². The summed E-state index contributed by atoms with van der Waals surface area (Å²) in [6.45, 7) is 2.61. The molecule has 4 nitrogen and oxygen atoms in total. The van der Waals surface area contributed by atoms with E-state index in [1.165, 1.54) is 11.3 Å². The van der Waals surface area contributed by atoms with Crippen LogP contribution in [0.3, 0.4) is 0 Å². The van der Waals surface area contributed by atoms with Gasteiger partial charge in [0.1, 0.15) is 5.82 Å². The molecule has 0 aliphatic rings. The largest absolute Gasteiger partial charge is 0.315 e. The van der Waals surface area contributed by atoms with E-state index in [2.05, 4.69) is 9.98 Å². The summed E-state index contributed by atoms with van der Waals surface area (Å²) >= 11 is 1.24. The number of nitrogens with zero attached hydrogens (tertiary/aromatic N) is 3. The molecular weight excluding hydrogens is 394 g/mol. The van der Waals surface area contributed by atoms with Crippen molar-refractivity contribution in [3.05, 3.63) is 58.4 Å². The summed E-state index contributed by atoms with van der Waals surface area (Å²) in [5.41, 5.74) is -0.212. The summed E-state index contributed by atoms with van der Waals surface area (Å²) in [6.07, 6.45) is -0.843. The number of aromatic nitrogens is 2. The Labute approximate surface area is 162 Å². The quantitative estimate of drug-likeness (QED) is 0.533. The summed E-state index contributed by atoms with van der Waals surface area (Å²) < 4.78 is 55.5. The Morgan fingerprint density at radius 1 is 1.29 bits per heavy atom. The van der Waals surface area contributed by atoms with Gasteiger partial charge in [0, 0.05) is 12.7 Å². The fourth-order valence-electron chi connectivity index (χ4n) is 2.71. The number of pyridine rings is 1. The maximum Gasteiger partial charge on any atom is 0.282 e. The highest BCUT2D eigenvalue weighted by Gasteiger charge is 2.24. The zero-order valence-corrected chi connectivity index (χ0v) is 15.7. The third-order valence-electron chi connectivity index (χ3n) is 4.18. The number of thiazole rings is 1. The van der Waals surface area contributed by atoms with Crippen molar-refractivity contribution in [1.29, 1.82) is 0 Å². The molecule has 1 aromatic carbocycles. The van der Waals surface area contributed by atoms with Crippen LogP contribution < -0.4 is 4.80 Å². The second kappa shape index (κ2) is 8.64. The zero-order chi connectivity index (χ0) is 20.3. The number of hydrogen-bond acceptors (Lipinski definition) is 3. The molecular formula is C19H17F4N3OS. The fourth-order valence-corrected chi connectivity index (χ4v) is 3.73. The molecule has 0 aliphatic carbocycles. The van der Waals surface area contributed by atoms with Crippen LogP contribution in [0, 0.1) is 5.82 Å². The van der Waals surface area contributed by atoms with Gasteiger partial charge in [-0.05, 0) is 30.2 Å². The summed E-state index contributed by atoms with van der Waals surface area (Å²) in [7, 11) is 0. The smallest absolute Gasteiger partial charge is 0.282 e. The second-order valence-electron chi connectivity index (χ2n) is 6.13. The highest BCUT2D eigenvalue weighted by Crippen LogP contribution is 2.26. The first-order valence-electron chi connectivity index (χ1n) is 8.66. The molecule has 0 aliphatic heterocycles. The SMILES string of the molecule is CCCCn1c(=NC(=O)c2cc(C(F)C(F)F)ccc2F)sc2ccncc21. The minimum atomic E-state index is -3.27. The fraction of sp³-hybridized carbons (Fsp3) is 0.316. The van der Waals surface area contributed by atoms with Crippen LogP contribution in [0.5, 0.6) is 0 Å². The molecule has 0 saturated carbocycles. The standard InChI is InChI=1S/C19H17F4N3OS/c1-2-3-8-26-14-10-24-7-6-15(14)28-19(26)25-18(27)12-9-11(4-5-13(12)20)16(21)17(22)23/h4-7,9-10,16-17H,2-3,8H2,1H3. The van der Waals surface area contributed by atoms with E-state index in [0.717, 1.165) is 41.3 Å². The molecule has 1 unspecified atom stereocenters. The number of hydrogen-bond donors (Lipinski definition) is 0. The Hall–Kier alpha value is -2.55. The Morgan fingerprint density at radius 2 is 2.07 bits per heavy atom. The molecule has 0 saturated heterocycles. The minimum Gasteiger partial charge on any atom is -0.315 e. The number of rotatable bonds is 6. The maximum atomic E-state index is 14.1. The Kier molecular flexibility index (Phi) is 6.23. The van der Waals surface area contributed by atoms with Crippen LogP contribution in [0.2, 0.25) is 0 Å². The Bertz CT molecular complexity index is 1060. The van der Waals surface area contributed by atoms with E-state index in [1.54, 1.807) is 18.5 Å². The van der Waals surface area contributed by atoms with Crippen molar-refractivity contribution < 1.29 is 22.4 Å². The molecule has 28 heavy (non-hydrogen) atoms. The van der Waals surface area contributed by atoms with Crippen LogP contribution in [-0.2, 0) is 6.54 Å². The number of aryl methyl sites for hydroxylation is 1. The lowest BCUT2D eigenvalue weighted by Crippen LogP contribution is -2.17. The van der Waals surface area contributed by atoms with Gasteiger partial charge in [-0.25, -0.2) is 17.6 Å². The van der Waals surface area contributed by atoms with Gasteiger partial charge in [-0.2, -0.15) is 4.99 Å². The number of halogens is 4. The van der Waals surface area contributed by atoms with Gasteiger partial charge in [-0.1, -0.05) is 30.7 Å². The molecule has 3 rings (SSSR count). The van der Waals surface area contributed by atoms with E-state index in [1.807, 2.05) is 11.5 Å². The molecule has 1 amide bonds. The number of unbranched alkanes of at least 4 members (excludes halogenated alkanes) is 1. The van der Waals surface area contributed by atoms with Crippen LogP contribution in [0.1, 0.15) is 41.9 Å². The summed E-state index contributed by atoms with van der Waals surface area (Å²) in [6, 6.07) is 4.27. The molecule has 3 aromatic rings. The predicted octanol–water partition coefficient (Wildman–Crippen LogP) is 5.05. The highest BCUT2D eigenvalue weighted by molar-refractivity contribution is 7.16. The summed E-state index contributed by atoms with van der Waals surface area (Å²) in [4.78, 5) is 21.0. The zero-order valence-electron chi connectivity index (χ0n) is 14.9. The van der Waals surface area contributed by atoms with E-state index >= 15 is 0 Å². The number of alkyl halides is 3. The average Bonchev–Trinajstić information content (AvgIpc) is 3.02.